The molecule has 4 nitrogen and oxygen atoms in total. The Hall–Kier alpha value is -0.850. The van der Waals surface area contributed by atoms with E-state index in [9.17, 15) is 4.79 Å². The van der Waals surface area contributed by atoms with E-state index >= 15 is 0 Å². The van der Waals surface area contributed by atoms with Crippen molar-refractivity contribution in [1.29, 1.82) is 0 Å². The topological polar surface area (TPSA) is 63.1 Å². The molecule has 2 heterocycles. The van der Waals surface area contributed by atoms with E-state index in [4.69, 9.17) is 16.7 Å². The third-order valence-electron chi connectivity index (χ3n) is 2.28. The van der Waals surface area contributed by atoms with Crippen molar-refractivity contribution in [3.8, 4) is 0 Å². The number of hydrogen-bond acceptors (Lipinski definition) is 5. The number of hydrogen-bond donors (Lipinski definition) is 1. The Kier molecular flexibility index (Phi) is 4.09. The fourth-order valence-corrected chi connectivity index (χ4v) is 3.95. The highest BCUT2D eigenvalue weighted by molar-refractivity contribution is 8.00. The summed E-state index contributed by atoms with van der Waals surface area (Å²) in [7, 11) is 0. The Labute approximate surface area is 117 Å². The normalized spacial score (nSPS) is 11.3. The first-order valence-corrected chi connectivity index (χ1v) is 7.46. The Morgan fingerprint density at radius 2 is 2.28 bits per heavy atom. The molecule has 2 rings (SSSR count). The summed E-state index contributed by atoms with van der Waals surface area (Å²) in [5.41, 5.74) is 0. The Morgan fingerprint density at radius 1 is 1.56 bits per heavy atom. The van der Waals surface area contributed by atoms with Gasteiger partial charge in [0.2, 0.25) is 0 Å². The average Bonchev–Trinajstić information content (AvgIpc) is 2.65. The van der Waals surface area contributed by atoms with E-state index < -0.39 is 5.97 Å². The number of thiophene rings is 1. The van der Waals surface area contributed by atoms with E-state index in [1.54, 1.807) is 0 Å². The first-order chi connectivity index (χ1) is 8.50. The molecule has 0 bridgehead atoms. The van der Waals surface area contributed by atoms with Crippen molar-refractivity contribution in [2.45, 2.75) is 24.8 Å². The molecule has 0 aliphatic rings. The lowest BCUT2D eigenvalue weighted by Gasteiger charge is -2.02. The van der Waals surface area contributed by atoms with E-state index in [1.807, 2.05) is 0 Å². The lowest BCUT2D eigenvalue weighted by atomic mass is 10.2. The molecule has 0 unspecified atom stereocenters. The van der Waals surface area contributed by atoms with Crippen LogP contribution in [0.25, 0.3) is 10.2 Å². The van der Waals surface area contributed by atoms with Crippen molar-refractivity contribution < 1.29 is 9.90 Å². The monoisotopic (exact) mass is 302 g/mol. The van der Waals surface area contributed by atoms with Crippen LogP contribution in [-0.2, 0) is 4.79 Å². The number of rotatable bonds is 4. The van der Waals surface area contributed by atoms with Crippen LogP contribution in [0.2, 0.25) is 5.02 Å². The first kappa shape index (κ1) is 13.6. The maximum atomic E-state index is 10.6. The number of fused-ring (bicyclic) bond motifs is 1. The van der Waals surface area contributed by atoms with Crippen molar-refractivity contribution in [2.75, 3.05) is 5.75 Å². The molecule has 0 saturated heterocycles. The van der Waals surface area contributed by atoms with Gasteiger partial charge in [-0.1, -0.05) is 37.2 Å². The molecule has 96 valence electrons. The van der Waals surface area contributed by atoms with Crippen LogP contribution in [0.1, 0.15) is 24.6 Å². The van der Waals surface area contributed by atoms with Crippen LogP contribution in [-0.4, -0.2) is 26.8 Å². The zero-order chi connectivity index (χ0) is 13.3. The number of aromatic nitrogens is 2. The van der Waals surface area contributed by atoms with Crippen LogP contribution in [0.3, 0.4) is 0 Å². The second-order valence-corrected chi connectivity index (χ2v) is 6.35. The number of carboxylic acids is 1. The molecule has 2 aromatic heterocycles. The predicted octanol–water partition coefficient (Wildman–Crippen LogP) is 3.64. The van der Waals surface area contributed by atoms with E-state index in [-0.39, 0.29) is 5.75 Å². The third kappa shape index (κ3) is 2.60. The number of halogens is 1. The number of thioether (sulfide) groups is 1. The zero-order valence-electron chi connectivity index (χ0n) is 9.81. The molecule has 0 radical (unpaired) electrons. The highest BCUT2D eigenvalue weighted by atomic mass is 35.5. The smallest absolute Gasteiger partial charge is 0.313 e. The average molecular weight is 303 g/mol. The minimum atomic E-state index is -0.873. The van der Waals surface area contributed by atoms with Crippen LogP contribution in [0.4, 0.5) is 0 Å². The van der Waals surface area contributed by atoms with Crippen LogP contribution < -0.4 is 0 Å². The standard InChI is InChI=1S/C11H11ClN2O2S2/c1-5(2)9-8(12)7-10(17-3-6(15)16)13-4-14-11(7)18-9/h4-5H,3H2,1-2H3,(H,15,16). The van der Waals surface area contributed by atoms with Crippen molar-refractivity contribution in [3.05, 3.63) is 16.2 Å². The summed E-state index contributed by atoms with van der Waals surface area (Å²) in [6.07, 6.45) is 1.45. The summed E-state index contributed by atoms with van der Waals surface area (Å²) in [5.74, 6) is -0.591. The van der Waals surface area contributed by atoms with Crippen LogP contribution in [0.5, 0.6) is 0 Å². The fraction of sp³-hybridized carbons (Fsp3) is 0.364. The summed E-state index contributed by atoms with van der Waals surface area (Å²) < 4.78 is 0. The van der Waals surface area contributed by atoms with Crippen molar-refractivity contribution in [2.24, 2.45) is 0 Å². The van der Waals surface area contributed by atoms with Gasteiger partial charge in [0.1, 0.15) is 16.2 Å². The molecule has 0 fully saturated rings. The summed E-state index contributed by atoms with van der Waals surface area (Å²) in [6.45, 7) is 4.13. The second-order valence-electron chi connectivity index (χ2n) is 3.98. The molecule has 2 aromatic rings. The second kappa shape index (κ2) is 5.42. The number of carbonyl (C=O) groups is 1. The molecular formula is C11H11ClN2O2S2. The lowest BCUT2D eigenvalue weighted by molar-refractivity contribution is -0.133. The maximum Gasteiger partial charge on any atom is 0.313 e. The predicted molar refractivity (Wildman–Crippen MR) is 74.9 cm³/mol. The minimum Gasteiger partial charge on any atom is -0.481 e. The Balaban J connectivity index is 2.50. The van der Waals surface area contributed by atoms with Gasteiger partial charge in [0.25, 0.3) is 0 Å². The number of aliphatic carboxylic acids is 1. The molecule has 0 spiro atoms. The van der Waals surface area contributed by atoms with Crippen molar-refractivity contribution in [1.82, 2.24) is 9.97 Å². The zero-order valence-corrected chi connectivity index (χ0v) is 12.2. The third-order valence-corrected chi connectivity index (χ3v) is 5.15. The highest BCUT2D eigenvalue weighted by Gasteiger charge is 2.18. The summed E-state index contributed by atoms with van der Waals surface area (Å²) in [5, 5.41) is 10.8. The molecule has 0 saturated carbocycles. The summed E-state index contributed by atoms with van der Waals surface area (Å²) in [6, 6.07) is 0. The summed E-state index contributed by atoms with van der Waals surface area (Å²) >= 11 is 9.05. The van der Waals surface area contributed by atoms with Gasteiger partial charge >= 0.3 is 5.97 Å². The van der Waals surface area contributed by atoms with Gasteiger partial charge in [0.05, 0.1) is 16.2 Å². The maximum absolute atomic E-state index is 10.6. The van der Waals surface area contributed by atoms with Gasteiger partial charge in [0.15, 0.2) is 0 Å². The van der Waals surface area contributed by atoms with Gasteiger partial charge < -0.3 is 5.11 Å². The lowest BCUT2D eigenvalue weighted by Crippen LogP contribution is -1.98. The fourth-order valence-electron chi connectivity index (χ4n) is 1.50. The molecule has 0 aromatic carbocycles. The molecule has 0 amide bonds. The molecule has 7 heteroatoms. The van der Waals surface area contributed by atoms with E-state index in [1.165, 1.54) is 29.4 Å². The summed E-state index contributed by atoms with van der Waals surface area (Å²) in [4.78, 5) is 20.8. The quantitative estimate of drug-likeness (QED) is 0.690. The van der Waals surface area contributed by atoms with Crippen LogP contribution in [0, 0.1) is 0 Å². The SMILES string of the molecule is CC(C)c1sc2ncnc(SCC(=O)O)c2c1Cl. The largest absolute Gasteiger partial charge is 0.481 e. The number of carboxylic acid groups (broad SMARTS) is 1. The highest BCUT2D eigenvalue weighted by Crippen LogP contribution is 2.41. The van der Waals surface area contributed by atoms with Gasteiger partial charge in [-0.3, -0.25) is 4.79 Å². The van der Waals surface area contributed by atoms with E-state index in [2.05, 4.69) is 23.8 Å². The molecule has 0 atom stereocenters. The van der Waals surface area contributed by atoms with Gasteiger partial charge in [-0.15, -0.1) is 11.3 Å². The van der Waals surface area contributed by atoms with Gasteiger partial charge in [-0.05, 0) is 5.92 Å². The van der Waals surface area contributed by atoms with Crippen LogP contribution >= 0.6 is 34.7 Å². The minimum absolute atomic E-state index is 0.0324. The first-order valence-electron chi connectivity index (χ1n) is 5.28. The van der Waals surface area contributed by atoms with E-state index in [0.717, 1.165) is 15.1 Å². The number of nitrogens with zero attached hydrogens (tertiary/aromatic N) is 2. The molecule has 18 heavy (non-hydrogen) atoms. The van der Waals surface area contributed by atoms with Gasteiger partial charge in [-0.25, -0.2) is 9.97 Å². The van der Waals surface area contributed by atoms with Crippen LogP contribution in [0.15, 0.2) is 11.4 Å². The Morgan fingerprint density at radius 3 is 2.89 bits per heavy atom. The Bertz CT molecular complexity index is 598. The molecular weight excluding hydrogens is 292 g/mol. The molecule has 0 aliphatic heterocycles. The van der Waals surface area contributed by atoms with E-state index in [0.29, 0.717) is 16.0 Å². The molecule has 1 N–H and O–H groups in total. The molecule has 0 aliphatic carbocycles. The van der Waals surface area contributed by atoms with Crippen molar-refractivity contribution >= 4 is 50.9 Å². The van der Waals surface area contributed by atoms with Gasteiger partial charge in [-0.2, -0.15) is 0 Å². The van der Waals surface area contributed by atoms with Crippen molar-refractivity contribution in [3.63, 3.8) is 0 Å². The van der Waals surface area contributed by atoms with Gasteiger partial charge in [0, 0.05) is 4.88 Å².